The summed E-state index contributed by atoms with van der Waals surface area (Å²) in [6.07, 6.45) is -0.710. The zero-order valence-electron chi connectivity index (χ0n) is 22.0. The van der Waals surface area contributed by atoms with Gasteiger partial charge in [-0.1, -0.05) is 27.7 Å². The molecule has 0 saturated carbocycles. The summed E-state index contributed by atoms with van der Waals surface area (Å²) in [4.78, 5) is 39.2. The second-order valence-corrected chi connectivity index (χ2v) is 13.3. The number of likely N-dealkylation sites (tertiary alicyclic amines) is 1. The van der Waals surface area contributed by atoms with E-state index in [2.05, 4.69) is 10.6 Å². The standard InChI is InChI=1S/C22H41N3O9S2/c1-14(2)13-33-19(27)24-16(12-22(6,7)18(35(29)30)36(31)32)17(26)23-15-8-10-25(11-9-15)20(28)34-21(3,4)5/h14-16,18H,8-13H2,1-7H3,(H,23,26)(H,24,27)(H,29,30)(H,31,32)/p-2. The zero-order valence-corrected chi connectivity index (χ0v) is 23.6. The Labute approximate surface area is 218 Å². The number of piperidine rings is 1. The fraction of sp³-hybridized carbons (Fsp3) is 0.864. The molecule has 1 heterocycles. The van der Waals surface area contributed by atoms with Crippen molar-refractivity contribution in [3.8, 4) is 0 Å². The summed E-state index contributed by atoms with van der Waals surface area (Å²) in [7, 11) is 0. The van der Waals surface area contributed by atoms with Gasteiger partial charge in [-0.05, 0) is 73.5 Å². The Morgan fingerprint density at radius 1 is 1.03 bits per heavy atom. The molecule has 1 aliphatic heterocycles. The van der Waals surface area contributed by atoms with Crippen LogP contribution >= 0.6 is 0 Å². The fourth-order valence-electron chi connectivity index (χ4n) is 3.68. The molecule has 3 amide bonds. The highest BCUT2D eigenvalue weighted by molar-refractivity contribution is 7.97. The van der Waals surface area contributed by atoms with Crippen LogP contribution in [0.25, 0.3) is 0 Å². The smallest absolute Gasteiger partial charge is 0.410 e. The molecule has 1 rings (SSSR count). The molecule has 0 spiro atoms. The molecule has 36 heavy (non-hydrogen) atoms. The molecule has 1 saturated heterocycles. The molecule has 12 nitrogen and oxygen atoms in total. The van der Waals surface area contributed by atoms with E-state index >= 15 is 0 Å². The number of hydrogen-bond acceptors (Lipinski definition) is 9. The van der Waals surface area contributed by atoms with Gasteiger partial charge in [0.05, 0.1) is 11.2 Å². The van der Waals surface area contributed by atoms with E-state index in [1.54, 1.807) is 25.7 Å². The van der Waals surface area contributed by atoms with Crippen molar-refractivity contribution in [3.05, 3.63) is 0 Å². The van der Waals surface area contributed by atoms with Gasteiger partial charge in [-0.25, -0.2) is 9.59 Å². The Hall–Kier alpha value is -1.77. The summed E-state index contributed by atoms with van der Waals surface area (Å²) in [5, 5.41) is 5.26. The molecule has 0 aliphatic carbocycles. The lowest BCUT2D eigenvalue weighted by molar-refractivity contribution is -0.124. The third-order valence-electron chi connectivity index (χ3n) is 5.37. The van der Waals surface area contributed by atoms with Crippen LogP contribution in [-0.4, -0.2) is 82.5 Å². The number of ether oxygens (including phenoxy) is 2. The van der Waals surface area contributed by atoms with Crippen LogP contribution in [0, 0.1) is 11.3 Å². The lowest BCUT2D eigenvalue weighted by Crippen LogP contribution is -2.55. The minimum Gasteiger partial charge on any atom is -0.771 e. The summed E-state index contributed by atoms with van der Waals surface area (Å²) in [6, 6.07) is -1.56. The van der Waals surface area contributed by atoms with Gasteiger partial charge < -0.3 is 34.1 Å². The Balaban J connectivity index is 2.91. The van der Waals surface area contributed by atoms with Gasteiger partial charge in [-0.2, -0.15) is 0 Å². The molecule has 0 bridgehead atoms. The van der Waals surface area contributed by atoms with Gasteiger partial charge in [0.1, 0.15) is 11.6 Å². The van der Waals surface area contributed by atoms with E-state index in [9.17, 15) is 31.9 Å². The van der Waals surface area contributed by atoms with Crippen molar-refractivity contribution in [1.29, 1.82) is 0 Å². The summed E-state index contributed by atoms with van der Waals surface area (Å²) in [5.74, 6) is -0.558. The minimum absolute atomic E-state index is 0.0461. The number of hydrogen-bond donors (Lipinski definition) is 2. The second kappa shape index (κ2) is 13.7. The Kier molecular flexibility index (Phi) is 12.3. The first-order valence-corrected chi connectivity index (χ1v) is 14.1. The summed E-state index contributed by atoms with van der Waals surface area (Å²) in [6.45, 7) is 12.6. The first-order chi connectivity index (χ1) is 16.4. The highest BCUT2D eigenvalue weighted by atomic mass is 32.3. The van der Waals surface area contributed by atoms with Crippen molar-refractivity contribution in [2.75, 3.05) is 19.7 Å². The number of rotatable bonds is 10. The molecule has 0 aromatic heterocycles. The molecule has 0 radical (unpaired) electrons. The van der Waals surface area contributed by atoms with Crippen LogP contribution in [-0.2, 0) is 36.4 Å². The van der Waals surface area contributed by atoms with Crippen molar-refractivity contribution in [2.45, 2.75) is 90.0 Å². The van der Waals surface area contributed by atoms with Crippen molar-refractivity contribution in [1.82, 2.24) is 15.5 Å². The lowest BCUT2D eigenvalue weighted by Gasteiger charge is -2.39. The van der Waals surface area contributed by atoms with Gasteiger partial charge in [0.25, 0.3) is 0 Å². The quantitative estimate of drug-likeness (QED) is 0.381. The summed E-state index contributed by atoms with van der Waals surface area (Å²) < 4.78 is 55.0. The maximum absolute atomic E-state index is 13.1. The highest BCUT2D eigenvalue weighted by Crippen LogP contribution is 2.32. The molecular formula is C22H39N3O9S2-2. The topological polar surface area (TPSA) is 177 Å². The van der Waals surface area contributed by atoms with Gasteiger partial charge in [-0.15, -0.1) is 0 Å². The Morgan fingerprint density at radius 2 is 1.56 bits per heavy atom. The number of carbonyl (C=O) groups excluding carboxylic acids is 3. The molecule has 1 fully saturated rings. The average molecular weight is 554 g/mol. The SMILES string of the molecule is CC(C)COC(=O)NC(CC(C)(C)C(S(=O)[O-])S(=O)[O-])C(=O)NC1CCN(C(=O)OC(C)(C)C)CC1. The van der Waals surface area contributed by atoms with Crippen LogP contribution in [0.4, 0.5) is 9.59 Å². The number of alkyl carbamates (subject to hydrolysis) is 1. The summed E-state index contributed by atoms with van der Waals surface area (Å²) in [5.41, 5.74) is -2.04. The lowest BCUT2D eigenvalue weighted by atomic mass is 9.87. The monoisotopic (exact) mass is 553 g/mol. The predicted octanol–water partition coefficient (Wildman–Crippen LogP) is 1.75. The largest absolute Gasteiger partial charge is 0.771 e. The molecule has 210 valence electrons. The average Bonchev–Trinajstić information content (AvgIpc) is 2.69. The number of nitrogens with zero attached hydrogens (tertiary/aromatic N) is 1. The van der Waals surface area contributed by atoms with E-state index in [1.165, 1.54) is 13.8 Å². The molecule has 2 N–H and O–H groups in total. The maximum Gasteiger partial charge on any atom is 0.410 e. The molecule has 3 unspecified atom stereocenters. The normalized spacial score (nSPS) is 18.7. The fourth-order valence-corrected chi connectivity index (χ4v) is 5.43. The van der Waals surface area contributed by atoms with Crippen molar-refractivity contribution >= 4 is 40.3 Å². The van der Waals surface area contributed by atoms with E-state index in [4.69, 9.17) is 9.47 Å². The van der Waals surface area contributed by atoms with Gasteiger partial charge >= 0.3 is 12.2 Å². The second-order valence-electron chi connectivity index (χ2n) is 11.0. The van der Waals surface area contributed by atoms with E-state index in [-0.39, 0.29) is 25.0 Å². The van der Waals surface area contributed by atoms with Crippen LogP contribution in [0.1, 0.15) is 67.7 Å². The first kappa shape index (κ1) is 32.3. The first-order valence-electron chi connectivity index (χ1n) is 11.8. The molecule has 14 heteroatoms. The van der Waals surface area contributed by atoms with Crippen LogP contribution in [0.2, 0.25) is 0 Å². The third kappa shape index (κ3) is 11.1. The van der Waals surface area contributed by atoms with Gasteiger partial charge in [0.2, 0.25) is 5.91 Å². The van der Waals surface area contributed by atoms with Crippen LogP contribution < -0.4 is 10.6 Å². The van der Waals surface area contributed by atoms with Crippen molar-refractivity contribution in [3.63, 3.8) is 0 Å². The van der Waals surface area contributed by atoms with Crippen molar-refractivity contribution < 1.29 is 41.4 Å². The van der Waals surface area contributed by atoms with E-state index in [0.717, 1.165) is 0 Å². The predicted molar refractivity (Wildman–Crippen MR) is 132 cm³/mol. The van der Waals surface area contributed by atoms with E-state index in [0.29, 0.717) is 25.9 Å². The number of nitrogens with one attached hydrogen (secondary N) is 2. The molecule has 3 atom stereocenters. The van der Waals surface area contributed by atoms with Gasteiger partial charge in [0, 0.05) is 19.1 Å². The number of amides is 3. The minimum atomic E-state index is -2.96. The zero-order chi connectivity index (χ0) is 27.8. The Morgan fingerprint density at radius 3 is 2.00 bits per heavy atom. The van der Waals surface area contributed by atoms with Crippen LogP contribution in [0.15, 0.2) is 0 Å². The van der Waals surface area contributed by atoms with Crippen LogP contribution in [0.3, 0.4) is 0 Å². The van der Waals surface area contributed by atoms with Gasteiger partial charge in [0.15, 0.2) is 0 Å². The highest BCUT2D eigenvalue weighted by Gasteiger charge is 2.38. The third-order valence-corrected chi connectivity index (χ3v) is 8.29. The number of carbonyl (C=O) groups is 3. The van der Waals surface area contributed by atoms with E-state index < -0.39 is 61.9 Å². The van der Waals surface area contributed by atoms with Gasteiger partial charge in [-0.3, -0.25) is 13.2 Å². The molecule has 0 aromatic carbocycles. The van der Waals surface area contributed by atoms with E-state index in [1.807, 2.05) is 13.8 Å². The van der Waals surface area contributed by atoms with Crippen molar-refractivity contribution in [2.24, 2.45) is 11.3 Å². The Bertz CT molecular complexity index is 808. The van der Waals surface area contributed by atoms with Crippen LogP contribution in [0.5, 0.6) is 0 Å². The summed E-state index contributed by atoms with van der Waals surface area (Å²) >= 11 is -5.93. The molecule has 1 aliphatic rings. The maximum atomic E-state index is 13.1. The molecular weight excluding hydrogens is 514 g/mol. The molecule has 0 aromatic rings.